The van der Waals surface area contributed by atoms with Crippen LogP contribution in [0.3, 0.4) is 0 Å². The van der Waals surface area contributed by atoms with Crippen LogP contribution in [0.2, 0.25) is 0 Å². The maximum Gasteiger partial charge on any atom is -0.0352 e. The van der Waals surface area contributed by atoms with Crippen molar-refractivity contribution in [2.75, 3.05) is 0 Å². The van der Waals surface area contributed by atoms with Crippen molar-refractivity contribution in [3.63, 3.8) is 0 Å². The highest BCUT2D eigenvalue weighted by atomic mass is 14.6. The molecule has 0 aromatic carbocycles. The predicted molar refractivity (Wildman–Crippen MR) is 32.4 cm³/mol. The summed E-state index contributed by atoms with van der Waals surface area (Å²) in [6, 6.07) is 0. The van der Waals surface area contributed by atoms with Crippen molar-refractivity contribution < 1.29 is 0 Å². The van der Waals surface area contributed by atoms with Gasteiger partial charge >= 0.3 is 0 Å². The van der Waals surface area contributed by atoms with E-state index in [1.807, 2.05) is 0 Å². The van der Waals surface area contributed by atoms with E-state index >= 15 is 0 Å². The van der Waals surface area contributed by atoms with Crippen LogP contribution in [-0.4, -0.2) is 0 Å². The highest BCUT2D eigenvalue weighted by Crippen LogP contribution is 2.65. The summed E-state index contributed by atoms with van der Waals surface area (Å²) in [4.78, 5) is 0. The highest BCUT2D eigenvalue weighted by Gasteiger charge is 2.56. The SMILES string of the molecule is C1C[C@H]2C[C@H]2[C@@H]2CC12. The first-order valence-electron chi connectivity index (χ1n) is 3.95. The molecule has 3 aliphatic carbocycles. The standard InChI is InChI=1S/C8H12/c1-2-6-4-8(6)7-3-5(1)7/h5-8H,1-4H2/t5-,6?,7+,8+/m0/s1. The Hall–Kier alpha value is 0. The van der Waals surface area contributed by atoms with Gasteiger partial charge in [-0.2, -0.15) is 0 Å². The van der Waals surface area contributed by atoms with E-state index < -0.39 is 0 Å². The monoisotopic (exact) mass is 108 g/mol. The quantitative estimate of drug-likeness (QED) is 0.445. The Bertz CT molecular complexity index is 112. The molecular weight excluding hydrogens is 96.1 g/mol. The third-order valence-corrected chi connectivity index (χ3v) is 3.41. The van der Waals surface area contributed by atoms with Crippen LogP contribution in [0.1, 0.15) is 25.7 Å². The number of rotatable bonds is 0. The minimum Gasteiger partial charge on any atom is -0.0499 e. The first-order valence-corrected chi connectivity index (χ1v) is 3.95. The van der Waals surface area contributed by atoms with Crippen LogP contribution in [0.5, 0.6) is 0 Å². The lowest BCUT2D eigenvalue weighted by molar-refractivity contribution is 0.456. The molecule has 3 saturated carbocycles. The molecule has 0 aromatic heterocycles. The Kier molecular flexibility index (Phi) is 0.482. The molecule has 8 heavy (non-hydrogen) atoms. The molecule has 0 heteroatoms. The highest BCUT2D eigenvalue weighted by molar-refractivity contribution is 5.06. The molecule has 3 aliphatic rings. The molecule has 44 valence electrons. The van der Waals surface area contributed by atoms with Crippen LogP contribution in [0.25, 0.3) is 0 Å². The first-order chi connectivity index (χ1) is 3.95. The summed E-state index contributed by atoms with van der Waals surface area (Å²) < 4.78 is 0. The van der Waals surface area contributed by atoms with Crippen LogP contribution in [0.15, 0.2) is 0 Å². The zero-order valence-corrected chi connectivity index (χ0v) is 5.14. The van der Waals surface area contributed by atoms with Gasteiger partial charge in [-0.25, -0.2) is 0 Å². The van der Waals surface area contributed by atoms with Crippen LogP contribution < -0.4 is 0 Å². The Balaban J connectivity index is 1.89. The summed E-state index contributed by atoms with van der Waals surface area (Å²) in [5.74, 6) is 4.93. The second-order valence-corrected chi connectivity index (χ2v) is 3.90. The minimum atomic E-state index is 1.22. The second-order valence-electron chi connectivity index (χ2n) is 3.90. The number of hydrogen-bond donors (Lipinski definition) is 0. The summed E-state index contributed by atoms with van der Waals surface area (Å²) in [7, 11) is 0. The Labute approximate surface area is 50.3 Å². The third-order valence-electron chi connectivity index (χ3n) is 3.41. The largest absolute Gasteiger partial charge is 0.0499 e. The average molecular weight is 108 g/mol. The first kappa shape index (κ1) is 3.92. The maximum atomic E-state index is 1.61. The third kappa shape index (κ3) is 0.340. The molecule has 1 unspecified atom stereocenters. The van der Waals surface area contributed by atoms with E-state index in [1.165, 1.54) is 23.7 Å². The predicted octanol–water partition coefficient (Wildman–Crippen LogP) is 2.05. The van der Waals surface area contributed by atoms with Crippen LogP contribution in [0.4, 0.5) is 0 Å². The van der Waals surface area contributed by atoms with E-state index in [0.29, 0.717) is 0 Å². The van der Waals surface area contributed by atoms with Gasteiger partial charge in [0, 0.05) is 0 Å². The molecule has 0 aliphatic heterocycles. The van der Waals surface area contributed by atoms with Gasteiger partial charge in [-0.05, 0) is 49.4 Å². The van der Waals surface area contributed by atoms with Crippen LogP contribution in [-0.2, 0) is 0 Å². The van der Waals surface area contributed by atoms with Gasteiger partial charge in [0.1, 0.15) is 0 Å². The zero-order chi connectivity index (χ0) is 5.14. The molecule has 0 amide bonds. The van der Waals surface area contributed by atoms with Crippen molar-refractivity contribution in [2.45, 2.75) is 25.7 Å². The van der Waals surface area contributed by atoms with Crippen molar-refractivity contribution in [1.29, 1.82) is 0 Å². The van der Waals surface area contributed by atoms with E-state index in [9.17, 15) is 0 Å². The summed E-state index contributed by atoms with van der Waals surface area (Å²) in [6.45, 7) is 0. The molecule has 3 fully saturated rings. The average Bonchev–Trinajstić information content (AvgIpc) is 2.59. The van der Waals surface area contributed by atoms with E-state index in [-0.39, 0.29) is 0 Å². The van der Waals surface area contributed by atoms with Crippen molar-refractivity contribution in [2.24, 2.45) is 23.7 Å². The van der Waals surface area contributed by atoms with Gasteiger partial charge in [-0.15, -0.1) is 0 Å². The van der Waals surface area contributed by atoms with Gasteiger partial charge in [-0.1, -0.05) is 0 Å². The lowest BCUT2D eigenvalue weighted by Gasteiger charge is -2.04. The van der Waals surface area contributed by atoms with Gasteiger partial charge in [0.05, 0.1) is 0 Å². The van der Waals surface area contributed by atoms with Crippen molar-refractivity contribution >= 4 is 0 Å². The molecular formula is C8H12. The molecule has 0 radical (unpaired) electrons. The fourth-order valence-corrected chi connectivity index (χ4v) is 2.68. The van der Waals surface area contributed by atoms with Gasteiger partial charge in [0.25, 0.3) is 0 Å². The summed E-state index contributed by atoms with van der Waals surface area (Å²) >= 11 is 0. The Morgan fingerprint density at radius 2 is 1.25 bits per heavy atom. The fraction of sp³-hybridized carbons (Fsp3) is 1.00. The van der Waals surface area contributed by atoms with Crippen LogP contribution >= 0.6 is 0 Å². The molecule has 0 N–H and O–H groups in total. The Morgan fingerprint density at radius 3 is 1.75 bits per heavy atom. The van der Waals surface area contributed by atoms with Gasteiger partial charge < -0.3 is 0 Å². The minimum absolute atomic E-state index is 1.22. The van der Waals surface area contributed by atoms with Crippen molar-refractivity contribution in [3.05, 3.63) is 0 Å². The molecule has 0 heterocycles. The smallest absolute Gasteiger partial charge is 0.0352 e. The molecule has 3 rings (SSSR count). The van der Waals surface area contributed by atoms with Crippen molar-refractivity contribution in [3.8, 4) is 0 Å². The lowest BCUT2D eigenvalue weighted by atomic mass is 10.0. The molecule has 0 spiro atoms. The molecule has 0 aromatic rings. The van der Waals surface area contributed by atoms with E-state index in [2.05, 4.69) is 0 Å². The topological polar surface area (TPSA) is 0 Å². The summed E-state index contributed by atoms with van der Waals surface area (Å²) in [6.07, 6.45) is 6.40. The summed E-state index contributed by atoms with van der Waals surface area (Å²) in [5, 5.41) is 0. The molecule has 0 nitrogen and oxygen atoms in total. The Morgan fingerprint density at radius 1 is 0.750 bits per heavy atom. The van der Waals surface area contributed by atoms with Crippen LogP contribution in [0, 0.1) is 23.7 Å². The van der Waals surface area contributed by atoms with Gasteiger partial charge in [0.2, 0.25) is 0 Å². The normalized spacial score (nSPS) is 66.0. The number of fused-ring (bicyclic) bond motifs is 3. The fourth-order valence-electron chi connectivity index (χ4n) is 2.68. The molecule has 0 saturated heterocycles. The number of hydrogen-bond acceptors (Lipinski definition) is 0. The second kappa shape index (κ2) is 0.984. The van der Waals surface area contributed by atoms with Gasteiger partial charge in [-0.3, -0.25) is 0 Å². The summed E-state index contributed by atoms with van der Waals surface area (Å²) in [5.41, 5.74) is 0. The maximum absolute atomic E-state index is 1.61. The van der Waals surface area contributed by atoms with Crippen molar-refractivity contribution in [1.82, 2.24) is 0 Å². The zero-order valence-electron chi connectivity index (χ0n) is 5.14. The van der Waals surface area contributed by atoms with E-state index in [4.69, 9.17) is 0 Å². The molecule has 4 atom stereocenters. The van der Waals surface area contributed by atoms with E-state index in [0.717, 1.165) is 0 Å². The van der Waals surface area contributed by atoms with E-state index in [1.54, 1.807) is 25.7 Å². The van der Waals surface area contributed by atoms with Gasteiger partial charge in [0.15, 0.2) is 0 Å². The lowest BCUT2D eigenvalue weighted by Crippen LogP contribution is -1.96. The molecule has 0 bridgehead atoms.